The number of benzene rings is 1. The molecule has 5 heteroatoms. The first-order valence-corrected chi connectivity index (χ1v) is 8.53. The summed E-state index contributed by atoms with van der Waals surface area (Å²) in [5.74, 6) is 1.86. The van der Waals surface area contributed by atoms with E-state index in [1.807, 2.05) is 30.5 Å². The van der Waals surface area contributed by atoms with Crippen molar-refractivity contribution in [1.82, 2.24) is 9.88 Å². The Morgan fingerprint density at radius 3 is 2.67 bits per heavy atom. The van der Waals surface area contributed by atoms with Gasteiger partial charge < -0.3 is 15.0 Å². The quantitative estimate of drug-likeness (QED) is 0.884. The number of anilines is 2. The molecule has 1 atom stereocenters. The highest BCUT2D eigenvalue weighted by molar-refractivity contribution is 5.51. The van der Waals surface area contributed by atoms with Crippen molar-refractivity contribution in [2.45, 2.75) is 13.0 Å². The first-order valence-electron chi connectivity index (χ1n) is 8.53. The standard InChI is InChI=1S/C19H26N4O/c1-16(21-19-8-3-4-9-20-19)15-22-10-12-23(13-11-22)17-6-5-7-18(14-17)24-2/h3-9,14,16H,10-13,15H2,1-2H3,(H,20,21). The molecule has 0 amide bonds. The van der Waals surface area contributed by atoms with E-state index in [1.165, 1.54) is 5.69 Å². The summed E-state index contributed by atoms with van der Waals surface area (Å²) >= 11 is 0. The van der Waals surface area contributed by atoms with Gasteiger partial charge >= 0.3 is 0 Å². The zero-order valence-electron chi connectivity index (χ0n) is 14.5. The molecule has 1 unspecified atom stereocenters. The fourth-order valence-corrected chi connectivity index (χ4v) is 3.13. The van der Waals surface area contributed by atoms with Crippen molar-refractivity contribution in [3.8, 4) is 5.75 Å². The molecule has 5 nitrogen and oxygen atoms in total. The second kappa shape index (κ2) is 8.02. The number of hydrogen-bond acceptors (Lipinski definition) is 5. The minimum absolute atomic E-state index is 0.378. The molecule has 1 aromatic carbocycles. The number of rotatable bonds is 6. The third-order valence-electron chi connectivity index (χ3n) is 4.38. The molecule has 1 aromatic heterocycles. The van der Waals surface area contributed by atoms with Gasteiger partial charge in [0, 0.05) is 56.7 Å². The average molecular weight is 326 g/mol. The Bertz CT molecular complexity index is 626. The van der Waals surface area contributed by atoms with E-state index in [0.29, 0.717) is 6.04 Å². The van der Waals surface area contributed by atoms with Gasteiger partial charge in [0.05, 0.1) is 7.11 Å². The first-order chi connectivity index (χ1) is 11.7. The molecule has 2 heterocycles. The average Bonchev–Trinajstić information content (AvgIpc) is 2.63. The van der Waals surface area contributed by atoms with Crippen LogP contribution in [0.2, 0.25) is 0 Å². The number of methoxy groups -OCH3 is 1. The molecule has 2 aromatic rings. The molecule has 0 spiro atoms. The summed E-state index contributed by atoms with van der Waals surface area (Å²) in [6.45, 7) is 7.48. The lowest BCUT2D eigenvalue weighted by Crippen LogP contribution is -2.49. The van der Waals surface area contributed by atoms with Gasteiger partial charge in [0.2, 0.25) is 0 Å². The normalized spacial score (nSPS) is 16.7. The Hall–Kier alpha value is -2.27. The summed E-state index contributed by atoms with van der Waals surface area (Å²) in [4.78, 5) is 9.27. The number of ether oxygens (including phenoxy) is 1. The van der Waals surface area contributed by atoms with Gasteiger partial charge in [-0.2, -0.15) is 0 Å². The summed E-state index contributed by atoms with van der Waals surface area (Å²) in [6, 6.07) is 14.7. The molecule has 1 fully saturated rings. The molecule has 0 saturated carbocycles. The summed E-state index contributed by atoms with van der Waals surface area (Å²) in [5, 5.41) is 3.46. The van der Waals surface area contributed by atoms with Crippen molar-refractivity contribution in [1.29, 1.82) is 0 Å². The molecule has 24 heavy (non-hydrogen) atoms. The predicted octanol–water partition coefficient (Wildman–Crippen LogP) is 2.71. The zero-order valence-corrected chi connectivity index (χ0v) is 14.5. The highest BCUT2D eigenvalue weighted by Gasteiger charge is 2.19. The lowest BCUT2D eigenvalue weighted by Gasteiger charge is -2.37. The fraction of sp³-hybridized carbons (Fsp3) is 0.421. The summed E-state index contributed by atoms with van der Waals surface area (Å²) in [5.41, 5.74) is 1.24. The van der Waals surface area contributed by atoms with Crippen LogP contribution in [-0.2, 0) is 0 Å². The summed E-state index contributed by atoms with van der Waals surface area (Å²) in [7, 11) is 1.72. The van der Waals surface area contributed by atoms with Gasteiger partial charge in [-0.3, -0.25) is 4.90 Å². The highest BCUT2D eigenvalue weighted by atomic mass is 16.5. The van der Waals surface area contributed by atoms with E-state index in [9.17, 15) is 0 Å². The van der Waals surface area contributed by atoms with Gasteiger partial charge in [-0.05, 0) is 31.2 Å². The van der Waals surface area contributed by atoms with Crippen molar-refractivity contribution >= 4 is 11.5 Å². The molecule has 1 aliphatic rings. The van der Waals surface area contributed by atoms with Crippen molar-refractivity contribution in [3.63, 3.8) is 0 Å². The molecule has 0 radical (unpaired) electrons. The van der Waals surface area contributed by atoms with Crippen LogP contribution < -0.4 is 15.0 Å². The van der Waals surface area contributed by atoms with Crippen molar-refractivity contribution in [2.24, 2.45) is 0 Å². The van der Waals surface area contributed by atoms with Crippen molar-refractivity contribution in [3.05, 3.63) is 48.7 Å². The lowest BCUT2D eigenvalue weighted by atomic mass is 10.2. The van der Waals surface area contributed by atoms with Crippen LogP contribution in [0.25, 0.3) is 0 Å². The van der Waals surface area contributed by atoms with Gasteiger partial charge in [0.1, 0.15) is 11.6 Å². The van der Waals surface area contributed by atoms with Crippen LogP contribution in [0.15, 0.2) is 48.7 Å². The Morgan fingerprint density at radius 2 is 1.96 bits per heavy atom. The van der Waals surface area contributed by atoms with E-state index in [2.05, 4.69) is 45.2 Å². The number of hydrogen-bond donors (Lipinski definition) is 1. The molecular formula is C19H26N4O. The van der Waals surface area contributed by atoms with Crippen LogP contribution in [0.3, 0.4) is 0 Å². The number of aromatic nitrogens is 1. The van der Waals surface area contributed by atoms with E-state index in [1.54, 1.807) is 7.11 Å². The SMILES string of the molecule is COc1cccc(N2CCN(CC(C)Nc3ccccn3)CC2)c1. The number of nitrogens with zero attached hydrogens (tertiary/aromatic N) is 3. The molecule has 1 aliphatic heterocycles. The van der Waals surface area contributed by atoms with Gasteiger partial charge in [-0.1, -0.05) is 12.1 Å². The summed E-state index contributed by atoms with van der Waals surface area (Å²) in [6.07, 6.45) is 1.82. The van der Waals surface area contributed by atoms with Crippen molar-refractivity contribution in [2.75, 3.05) is 50.1 Å². The van der Waals surface area contributed by atoms with Gasteiger partial charge in [0.25, 0.3) is 0 Å². The Morgan fingerprint density at radius 1 is 1.12 bits per heavy atom. The van der Waals surface area contributed by atoms with E-state index >= 15 is 0 Å². The van der Waals surface area contributed by atoms with E-state index in [0.717, 1.165) is 44.3 Å². The van der Waals surface area contributed by atoms with Gasteiger partial charge in [0.15, 0.2) is 0 Å². The van der Waals surface area contributed by atoms with Gasteiger partial charge in [-0.15, -0.1) is 0 Å². The Labute approximate surface area is 144 Å². The van der Waals surface area contributed by atoms with E-state index in [-0.39, 0.29) is 0 Å². The first kappa shape index (κ1) is 16.6. The van der Waals surface area contributed by atoms with Gasteiger partial charge in [-0.25, -0.2) is 4.98 Å². The predicted molar refractivity (Wildman–Crippen MR) is 99.0 cm³/mol. The second-order valence-corrected chi connectivity index (χ2v) is 6.25. The minimum Gasteiger partial charge on any atom is -0.497 e. The maximum absolute atomic E-state index is 5.32. The largest absolute Gasteiger partial charge is 0.497 e. The number of pyridine rings is 1. The monoisotopic (exact) mass is 326 g/mol. The number of nitrogens with one attached hydrogen (secondary N) is 1. The fourth-order valence-electron chi connectivity index (χ4n) is 3.13. The van der Waals surface area contributed by atoms with Crippen LogP contribution >= 0.6 is 0 Å². The van der Waals surface area contributed by atoms with Crippen molar-refractivity contribution < 1.29 is 4.74 Å². The Kier molecular flexibility index (Phi) is 5.54. The maximum atomic E-state index is 5.32. The lowest BCUT2D eigenvalue weighted by molar-refractivity contribution is 0.251. The maximum Gasteiger partial charge on any atom is 0.126 e. The zero-order chi connectivity index (χ0) is 16.8. The Balaban J connectivity index is 1.48. The molecule has 1 saturated heterocycles. The third-order valence-corrected chi connectivity index (χ3v) is 4.38. The molecular weight excluding hydrogens is 300 g/mol. The third kappa shape index (κ3) is 4.38. The van der Waals surface area contributed by atoms with Crippen LogP contribution in [-0.4, -0.2) is 55.8 Å². The van der Waals surface area contributed by atoms with Crippen LogP contribution in [0.4, 0.5) is 11.5 Å². The van der Waals surface area contributed by atoms with Crippen LogP contribution in [0, 0.1) is 0 Å². The smallest absolute Gasteiger partial charge is 0.126 e. The number of piperazine rings is 1. The highest BCUT2D eigenvalue weighted by Crippen LogP contribution is 2.22. The molecule has 3 rings (SSSR count). The minimum atomic E-state index is 0.378. The van der Waals surface area contributed by atoms with Crippen LogP contribution in [0.5, 0.6) is 5.75 Å². The topological polar surface area (TPSA) is 40.6 Å². The molecule has 0 bridgehead atoms. The second-order valence-electron chi connectivity index (χ2n) is 6.25. The molecule has 128 valence electrons. The molecule has 1 N–H and O–H groups in total. The summed E-state index contributed by atoms with van der Waals surface area (Å²) < 4.78 is 5.32. The van der Waals surface area contributed by atoms with E-state index in [4.69, 9.17) is 4.74 Å². The molecule has 0 aliphatic carbocycles. The van der Waals surface area contributed by atoms with Crippen LogP contribution in [0.1, 0.15) is 6.92 Å². The van der Waals surface area contributed by atoms with E-state index < -0.39 is 0 Å².